The summed E-state index contributed by atoms with van der Waals surface area (Å²) >= 11 is 0. The number of amides is 1. The number of hydrogen-bond donors (Lipinski definition) is 2. The van der Waals surface area contributed by atoms with E-state index in [1.165, 1.54) is 22.5 Å². The number of aliphatic hydroxyl groups excluding tert-OH is 1. The highest BCUT2D eigenvalue weighted by Crippen LogP contribution is 2.35. The second-order valence-corrected chi connectivity index (χ2v) is 10.9. The Hall–Kier alpha value is -4.20. The topological polar surface area (TPSA) is 118 Å². The summed E-state index contributed by atoms with van der Waals surface area (Å²) < 4.78 is 6.10. The SMILES string of the molecule is C=CC(=O)N1CCN(c2nc(OC[C@H]3NCC[C@@H]3O)nc3c2CCN(c2cccc4ccccc24)C3)C[C@@H]1CC#N. The van der Waals surface area contributed by atoms with E-state index in [0.29, 0.717) is 32.6 Å². The van der Waals surface area contributed by atoms with Crippen molar-refractivity contribution in [2.45, 2.75) is 44.0 Å². The third-order valence-corrected chi connectivity index (χ3v) is 8.40. The zero-order valence-corrected chi connectivity index (χ0v) is 23.1. The fraction of sp³-hybridized carbons (Fsp3) is 0.419. The van der Waals surface area contributed by atoms with Gasteiger partial charge in [-0.3, -0.25) is 4.79 Å². The molecule has 0 spiro atoms. The summed E-state index contributed by atoms with van der Waals surface area (Å²) in [5, 5.41) is 25.4. The molecule has 3 atom stereocenters. The zero-order valence-electron chi connectivity index (χ0n) is 23.1. The summed E-state index contributed by atoms with van der Waals surface area (Å²) in [6, 6.07) is 16.9. The third-order valence-electron chi connectivity index (χ3n) is 8.40. The summed E-state index contributed by atoms with van der Waals surface area (Å²) in [6.07, 6.45) is 2.53. The van der Waals surface area contributed by atoms with Gasteiger partial charge in [-0.2, -0.15) is 15.2 Å². The van der Waals surface area contributed by atoms with E-state index in [9.17, 15) is 15.2 Å². The highest BCUT2D eigenvalue weighted by atomic mass is 16.5. The molecule has 2 N–H and O–H groups in total. The van der Waals surface area contributed by atoms with Gasteiger partial charge in [-0.15, -0.1) is 0 Å². The van der Waals surface area contributed by atoms with E-state index < -0.39 is 6.10 Å². The molecule has 41 heavy (non-hydrogen) atoms. The van der Waals surface area contributed by atoms with E-state index in [0.717, 1.165) is 36.6 Å². The molecule has 2 fully saturated rings. The van der Waals surface area contributed by atoms with Crippen LogP contribution >= 0.6 is 0 Å². The number of carbonyl (C=O) groups excluding carboxylic acids is 1. The number of nitrogens with zero attached hydrogens (tertiary/aromatic N) is 6. The second-order valence-electron chi connectivity index (χ2n) is 10.9. The van der Waals surface area contributed by atoms with Gasteiger partial charge in [0.2, 0.25) is 5.91 Å². The quantitative estimate of drug-likeness (QED) is 0.425. The summed E-state index contributed by atoms with van der Waals surface area (Å²) in [5.74, 6) is 0.642. The molecule has 0 saturated carbocycles. The Balaban J connectivity index is 1.33. The Labute approximate surface area is 239 Å². The number of hydrogen-bond acceptors (Lipinski definition) is 9. The van der Waals surface area contributed by atoms with Crippen LogP contribution in [-0.2, 0) is 17.8 Å². The number of nitriles is 1. The molecule has 0 bridgehead atoms. The number of rotatable bonds is 7. The lowest BCUT2D eigenvalue weighted by Gasteiger charge is -2.42. The van der Waals surface area contributed by atoms with Crippen LogP contribution < -0.4 is 19.9 Å². The molecule has 2 aromatic carbocycles. The van der Waals surface area contributed by atoms with Gasteiger partial charge in [0.1, 0.15) is 12.4 Å². The lowest BCUT2D eigenvalue weighted by Crippen LogP contribution is -2.55. The Bertz CT molecular complexity index is 1480. The van der Waals surface area contributed by atoms with E-state index >= 15 is 0 Å². The maximum absolute atomic E-state index is 12.5. The zero-order chi connectivity index (χ0) is 28.3. The van der Waals surface area contributed by atoms with Gasteiger partial charge in [0, 0.05) is 42.8 Å². The van der Waals surface area contributed by atoms with Crippen LogP contribution in [-0.4, -0.2) is 83.4 Å². The van der Waals surface area contributed by atoms with Crippen molar-refractivity contribution in [3.8, 4) is 12.1 Å². The summed E-state index contributed by atoms with van der Waals surface area (Å²) in [6.45, 7) is 7.63. The number of piperazine rings is 1. The maximum Gasteiger partial charge on any atom is 0.318 e. The van der Waals surface area contributed by atoms with E-state index in [4.69, 9.17) is 14.7 Å². The van der Waals surface area contributed by atoms with E-state index in [-0.39, 0.29) is 37.0 Å². The molecule has 3 aromatic rings. The van der Waals surface area contributed by atoms with Crippen LogP contribution in [0.1, 0.15) is 24.1 Å². The predicted octanol–water partition coefficient (Wildman–Crippen LogP) is 2.41. The number of nitrogens with one attached hydrogen (secondary N) is 1. The van der Waals surface area contributed by atoms with E-state index in [1.54, 1.807) is 4.90 Å². The van der Waals surface area contributed by atoms with Crippen molar-refractivity contribution in [2.75, 3.05) is 49.1 Å². The summed E-state index contributed by atoms with van der Waals surface area (Å²) in [7, 11) is 0. The Morgan fingerprint density at radius 2 is 2.02 bits per heavy atom. The Kier molecular flexibility index (Phi) is 7.72. The van der Waals surface area contributed by atoms with Gasteiger partial charge >= 0.3 is 6.01 Å². The van der Waals surface area contributed by atoms with Crippen LogP contribution in [0.15, 0.2) is 55.1 Å². The van der Waals surface area contributed by atoms with Gasteiger partial charge in [-0.05, 0) is 36.9 Å². The number of ether oxygens (including phenoxy) is 1. The van der Waals surface area contributed by atoms with Gasteiger partial charge in [0.15, 0.2) is 0 Å². The molecule has 6 rings (SSSR count). The number of benzene rings is 2. The minimum atomic E-state index is -0.462. The molecule has 10 nitrogen and oxygen atoms in total. The van der Waals surface area contributed by atoms with Gasteiger partial charge < -0.3 is 29.9 Å². The van der Waals surface area contributed by atoms with Gasteiger partial charge in [-0.25, -0.2) is 0 Å². The first kappa shape index (κ1) is 27.0. The molecule has 212 valence electrons. The molecular weight excluding hydrogens is 518 g/mol. The normalized spacial score (nSPS) is 22.3. The Morgan fingerprint density at radius 1 is 1.17 bits per heavy atom. The minimum Gasteiger partial charge on any atom is -0.462 e. The van der Waals surface area contributed by atoms with E-state index in [1.807, 2.05) is 0 Å². The fourth-order valence-electron chi connectivity index (χ4n) is 6.23. The standard InChI is InChI=1S/C31H35N7O3/c1-2-29(40)38-17-16-37(18-22(38)10-13-32)30-24-12-15-36(27-9-5-7-21-6-3-4-8-23(21)27)19-25(24)34-31(35-30)41-20-26-28(39)11-14-33-26/h2-9,22,26,28,33,39H,1,10-12,14-20H2/t22-,26+,28-/m0/s1. The van der Waals surface area contributed by atoms with Crippen LogP contribution in [0.5, 0.6) is 6.01 Å². The second kappa shape index (κ2) is 11.7. The van der Waals surface area contributed by atoms with Crippen molar-refractivity contribution < 1.29 is 14.6 Å². The lowest BCUT2D eigenvalue weighted by molar-refractivity contribution is -0.128. The van der Waals surface area contributed by atoms with Crippen LogP contribution in [0.25, 0.3) is 10.8 Å². The molecule has 0 radical (unpaired) electrons. The monoisotopic (exact) mass is 553 g/mol. The van der Waals surface area contributed by atoms with Crippen molar-refractivity contribution in [3.05, 3.63) is 66.4 Å². The first-order valence-corrected chi connectivity index (χ1v) is 14.3. The van der Waals surface area contributed by atoms with Gasteiger partial charge in [0.25, 0.3) is 0 Å². The highest BCUT2D eigenvalue weighted by Gasteiger charge is 2.34. The smallest absolute Gasteiger partial charge is 0.318 e. The number of anilines is 2. The lowest BCUT2D eigenvalue weighted by atomic mass is 10.0. The molecule has 4 heterocycles. The van der Waals surface area contributed by atoms with Crippen LogP contribution in [0, 0.1) is 11.3 Å². The number of fused-ring (bicyclic) bond motifs is 2. The Morgan fingerprint density at radius 3 is 2.83 bits per heavy atom. The van der Waals surface area contributed by atoms with Crippen molar-refractivity contribution in [3.63, 3.8) is 0 Å². The molecule has 10 heteroatoms. The van der Waals surface area contributed by atoms with E-state index in [2.05, 4.69) is 70.2 Å². The molecule has 1 amide bonds. The number of aromatic nitrogens is 2. The molecule has 0 unspecified atom stereocenters. The third kappa shape index (κ3) is 5.43. The van der Waals surface area contributed by atoms with Crippen molar-refractivity contribution in [1.82, 2.24) is 20.2 Å². The number of carbonyl (C=O) groups is 1. The first-order chi connectivity index (χ1) is 20.1. The largest absolute Gasteiger partial charge is 0.462 e. The van der Waals surface area contributed by atoms with Crippen LogP contribution in [0.2, 0.25) is 0 Å². The summed E-state index contributed by atoms with van der Waals surface area (Å²) in [5.41, 5.74) is 3.15. The first-order valence-electron chi connectivity index (χ1n) is 14.3. The highest BCUT2D eigenvalue weighted by molar-refractivity contribution is 5.94. The fourth-order valence-corrected chi connectivity index (χ4v) is 6.23. The average molecular weight is 554 g/mol. The molecule has 2 saturated heterocycles. The minimum absolute atomic E-state index is 0.160. The maximum atomic E-state index is 12.5. The van der Waals surface area contributed by atoms with Gasteiger partial charge in [-0.1, -0.05) is 43.0 Å². The van der Waals surface area contributed by atoms with Crippen molar-refractivity contribution >= 4 is 28.2 Å². The predicted molar refractivity (Wildman–Crippen MR) is 157 cm³/mol. The van der Waals surface area contributed by atoms with Crippen molar-refractivity contribution in [2.24, 2.45) is 0 Å². The van der Waals surface area contributed by atoms with Crippen LogP contribution in [0.4, 0.5) is 11.5 Å². The molecule has 1 aromatic heterocycles. The molecule has 0 aliphatic carbocycles. The molecular formula is C31H35N7O3. The number of aliphatic hydroxyl groups is 1. The van der Waals surface area contributed by atoms with Gasteiger partial charge in [0.05, 0.1) is 42.9 Å². The summed E-state index contributed by atoms with van der Waals surface area (Å²) in [4.78, 5) is 28.5. The molecule has 3 aliphatic heterocycles. The molecule has 3 aliphatic rings. The van der Waals surface area contributed by atoms with Crippen LogP contribution in [0.3, 0.4) is 0 Å². The van der Waals surface area contributed by atoms with Crippen molar-refractivity contribution in [1.29, 1.82) is 5.26 Å². The average Bonchev–Trinajstić information content (AvgIpc) is 3.43.